The van der Waals surface area contributed by atoms with Crippen molar-refractivity contribution in [1.29, 1.82) is 0 Å². The number of halogens is 2. The summed E-state index contributed by atoms with van der Waals surface area (Å²) in [4.78, 5) is 18.7. The van der Waals surface area contributed by atoms with Gasteiger partial charge in [0.05, 0.1) is 17.6 Å². The zero-order valence-electron chi connectivity index (χ0n) is 14.2. The molecule has 1 heterocycles. The zero-order valence-corrected chi connectivity index (χ0v) is 14.9. The molecular formula is C19H19ClFN3O. The first kappa shape index (κ1) is 17.4. The second-order valence-electron chi connectivity index (χ2n) is 5.98. The highest BCUT2D eigenvalue weighted by molar-refractivity contribution is 6.31. The van der Waals surface area contributed by atoms with Gasteiger partial charge in [-0.2, -0.15) is 0 Å². The fourth-order valence-electron chi connectivity index (χ4n) is 2.87. The van der Waals surface area contributed by atoms with E-state index in [1.54, 1.807) is 24.1 Å². The van der Waals surface area contributed by atoms with E-state index in [-0.39, 0.29) is 5.91 Å². The summed E-state index contributed by atoms with van der Waals surface area (Å²) in [5.41, 5.74) is 2.12. The van der Waals surface area contributed by atoms with Crippen molar-refractivity contribution in [2.45, 2.75) is 26.4 Å². The summed E-state index contributed by atoms with van der Waals surface area (Å²) in [5.74, 6) is 0.117. The Kier molecular flexibility index (Phi) is 5.04. The Hall–Kier alpha value is -2.40. The van der Waals surface area contributed by atoms with Crippen LogP contribution in [0.25, 0.3) is 11.0 Å². The fraction of sp³-hybridized carbons (Fsp3) is 0.263. The largest absolute Gasteiger partial charge is 0.334 e. The van der Waals surface area contributed by atoms with E-state index in [1.807, 2.05) is 12.1 Å². The highest BCUT2D eigenvalue weighted by atomic mass is 35.5. The van der Waals surface area contributed by atoms with Crippen LogP contribution < -0.4 is 0 Å². The van der Waals surface area contributed by atoms with Crippen LogP contribution in [0.4, 0.5) is 4.39 Å². The van der Waals surface area contributed by atoms with Crippen LogP contribution in [0.15, 0.2) is 42.5 Å². The minimum absolute atomic E-state index is 0.243. The van der Waals surface area contributed by atoms with Gasteiger partial charge in [-0.05, 0) is 42.8 Å². The molecule has 3 rings (SSSR count). The van der Waals surface area contributed by atoms with Gasteiger partial charge in [0.15, 0.2) is 0 Å². The van der Waals surface area contributed by atoms with E-state index in [4.69, 9.17) is 11.6 Å². The summed E-state index contributed by atoms with van der Waals surface area (Å²) in [5, 5.41) is 0.653. The molecule has 0 bridgehead atoms. The number of imidazole rings is 1. The molecule has 0 atom stereocenters. The highest BCUT2D eigenvalue weighted by Crippen LogP contribution is 2.22. The minimum atomic E-state index is -0.424. The molecule has 0 saturated carbocycles. The van der Waals surface area contributed by atoms with Crippen LogP contribution in [0.1, 0.15) is 29.5 Å². The molecule has 0 radical (unpaired) electrons. The fourth-order valence-corrected chi connectivity index (χ4v) is 3.03. The van der Waals surface area contributed by atoms with Gasteiger partial charge in [-0.1, -0.05) is 24.6 Å². The quantitative estimate of drug-likeness (QED) is 0.672. The Morgan fingerprint density at radius 3 is 2.80 bits per heavy atom. The van der Waals surface area contributed by atoms with Crippen LogP contribution >= 0.6 is 11.6 Å². The van der Waals surface area contributed by atoms with Crippen LogP contribution in [-0.4, -0.2) is 27.4 Å². The molecule has 0 fully saturated rings. The number of carbonyl (C=O) groups is 1. The van der Waals surface area contributed by atoms with Gasteiger partial charge in [0, 0.05) is 24.2 Å². The summed E-state index contributed by atoms with van der Waals surface area (Å²) in [7, 11) is 1.69. The van der Waals surface area contributed by atoms with Gasteiger partial charge in [-0.25, -0.2) is 9.37 Å². The van der Waals surface area contributed by atoms with Crippen molar-refractivity contribution in [1.82, 2.24) is 14.5 Å². The molecule has 1 aromatic heterocycles. The number of fused-ring (bicyclic) bond motifs is 1. The Morgan fingerprint density at radius 2 is 2.08 bits per heavy atom. The summed E-state index contributed by atoms with van der Waals surface area (Å²) in [6, 6.07) is 11.3. The molecule has 0 aliphatic rings. The molecule has 1 amide bonds. The lowest BCUT2D eigenvalue weighted by Gasteiger charge is -2.18. The second kappa shape index (κ2) is 7.23. The lowest BCUT2D eigenvalue weighted by atomic mass is 10.2. The standard InChI is InChI=1S/C19H19ClFN3O/c1-3-9-24-17-11-14(20)7-8-16(17)22-18(24)12-23(2)19(25)13-5-4-6-15(21)10-13/h4-8,10-11H,3,9,12H2,1-2H3. The van der Waals surface area contributed by atoms with E-state index in [0.717, 1.165) is 29.8 Å². The maximum absolute atomic E-state index is 13.4. The lowest BCUT2D eigenvalue weighted by molar-refractivity contribution is 0.0779. The number of carbonyl (C=O) groups excluding carboxylic acids is 1. The van der Waals surface area contributed by atoms with Crippen molar-refractivity contribution < 1.29 is 9.18 Å². The van der Waals surface area contributed by atoms with Crippen molar-refractivity contribution in [2.75, 3.05) is 7.05 Å². The van der Waals surface area contributed by atoms with E-state index < -0.39 is 5.82 Å². The molecule has 4 nitrogen and oxygen atoms in total. The predicted molar refractivity (Wildman–Crippen MR) is 97.2 cm³/mol. The summed E-state index contributed by atoms with van der Waals surface area (Å²) < 4.78 is 15.4. The van der Waals surface area contributed by atoms with Crippen molar-refractivity contribution >= 4 is 28.5 Å². The van der Waals surface area contributed by atoms with E-state index in [0.29, 0.717) is 17.1 Å². The maximum Gasteiger partial charge on any atom is 0.254 e. The van der Waals surface area contributed by atoms with E-state index >= 15 is 0 Å². The summed E-state index contributed by atoms with van der Waals surface area (Å²) in [6.07, 6.45) is 0.937. The first-order valence-electron chi connectivity index (χ1n) is 8.15. The summed E-state index contributed by atoms with van der Waals surface area (Å²) >= 11 is 6.11. The smallest absolute Gasteiger partial charge is 0.254 e. The van der Waals surface area contributed by atoms with Crippen molar-refractivity contribution in [3.63, 3.8) is 0 Å². The third-order valence-electron chi connectivity index (χ3n) is 4.03. The molecular weight excluding hydrogens is 341 g/mol. The zero-order chi connectivity index (χ0) is 18.0. The second-order valence-corrected chi connectivity index (χ2v) is 6.42. The third-order valence-corrected chi connectivity index (χ3v) is 4.27. The molecule has 6 heteroatoms. The van der Waals surface area contributed by atoms with Gasteiger partial charge in [0.25, 0.3) is 5.91 Å². The third kappa shape index (κ3) is 3.66. The first-order chi connectivity index (χ1) is 12.0. The average Bonchev–Trinajstić information content (AvgIpc) is 2.91. The topological polar surface area (TPSA) is 38.1 Å². The molecule has 0 unspecified atom stereocenters. The molecule has 0 aliphatic carbocycles. The van der Waals surface area contributed by atoms with Gasteiger partial charge in [0.2, 0.25) is 0 Å². The molecule has 0 aliphatic heterocycles. The summed E-state index contributed by atoms with van der Waals surface area (Å²) in [6.45, 7) is 3.21. The molecule has 3 aromatic rings. The van der Waals surface area contributed by atoms with Crippen molar-refractivity contribution in [2.24, 2.45) is 0 Å². The molecule has 0 saturated heterocycles. The monoisotopic (exact) mass is 359 g/mol. The van der Waals surface area contributed by atoms with E-state index in [1.165, 1.54) is 18.2 Å². The van der Waals surface area contributed by atoms with Crippen LogP contribution in [-0.2, 0) is 13.1 Å². The molecule has 2 aromatic carbocycles. The number of benzene rings is 2. The number of aryl methyl sites for hydroxylation is 1. The average molecular weight is 360 g/mol. The maximum atomic E-state index is 13.4. The van der Waals surface area contributed by atoms with Gasteiger partial charge in [-0.3, -0.25) is 4.79 Å². The molecule has 0 spiro atoms. The number of hydrogen-bond donors (Lipinski definition) is 0. The van der Waals surface area contributed by atoms with Gasteiger partial charge < -0.3 is 9.47 Å². The first-order valence-corrected chi connectivity index (χ1v) is 8.53. The Bertz CT molecular complexity index is 922. The SMILES string of the molecule is CCCn1c(CN(C)C(=O)c2cccc(F)c2)nc2ccc(Cl)cc21. The van der Waals surface area contributed by atoms with Gasteiger partial charge in [0.1, 0.15) is 11.6 Å². The van der Waals surface area contributed by atoms with Crippen LogP contribution in [0.2, 0.25) is 5.02 Å². The molecule has 0 N–H and O–H groups in total. The Labute approximate surface area is 150 Å². The van der Waals surface area contributed by atoms with Crippen LogP contribution in [0.3, 0.4) is 0 Å². The molecule has 25 heavy (non-hydrogen) atoms. The number of nitrogens with zero attached hydrogens (tertiary/aromatic N) is 3. The van der Waals surface area contributed by atoms with E-state index in [9.17, 15) is 9.18 Å². The van der Waals surface area contributed by atoms with Crippen molar-refractivity contribution in [3.05, 3.63) is 64.7 Å². The van der Waals surface area contributed by atoms with Gasteiger partial charge >= 0.3 is 0 Å². The lowest BCUT2D eigenvalue weighted by Crippen LogP contribution is -2.27. The van der Waals surface area contributed by atoms with E-state index in [2.05, 4.69) is 16.5 Å². The number of rotatable bonds is 5. The van der Waals surface area contributed by atoms with Crippen LogP contribution in [0, 0.1) is 5.82 Å². The molecule has 130 valence electrons. The highest BCUT2D eigenvalue weighted by Gasteiger charge is 2.17. The number of hydrogen-bond acceptors (Lipinski definition) is 2. The number of aromatic nitrogens is 2. The normalized spacial score (nSPS) is 11.0. The Balaban J connectivity index is 1.91. The van der Waals surface area contributed by atoms with Gasteiger partial charge in [-0.15, -0.1) is 0 Å². The minimum Gasteiger partial charge on any atom is -0.334 e. The van der Waals surface area contributed by atoms with Crippen molar-refractivity contribution in [3.8, 4) is 0 Å². The Morgan fingerprint density at radius 1 is 1.28 bits per heavy atom. The predicted octanol–water partition coefficient (Wildman–Crippen LogP) is 4.51. The van der Waals surface area contributed by atoms with Crippen LogP contribution in [0.5, 0.6) is 0 Å². The number of amides is 1.